The summed E-state index contributed by atoms with van der Waals surface area (Å²) in [4.78, 5) is 25.5. The Morgan fingerprint density at radius 2 is 1.76 bits per heavy atom. The van der Waals surface area contributed by atoms with Crippen molar-refractivity contribution in [3.05, 3.63) is 58.7 Å². The first kappa shape index (κ1) is 24.9. The van der Waals surface area contributed by atoms with Crippen LogP contribution in [0.4, 0.5) is 5.69 Å². The monoisotopic (exact) mass is 474 g/mol. The van der Waals surface area contributed by atoms with Gasteiger partial charge in [-0.15, -0.1) is 0 Å². The van der Waals surface area contributed by atoms with Gasteiger partial charge >= 0.3 is 5.97 Å². The van der Waals surface area contributed by atoms with Crippen LogP contribution in [-0.2, 0) is 24.3 Å². The highest BCUT2D eigenvalue weighted by atomic mass is 32.2. The third-order valence-corrected chi connectivity index (χ3v) is 7.76. The van der Waals surface area contributed by atoms with Crippen molar-refractivity contribution in [1.82, 2.24) is 4.31 Å². The van der Waals surface area contributed by atoms with Crippen molar-refractivity contribution >= 4 is 27.6 Å². The molecule has 1 amide bonds. The Morgan fingerprint density at radius 3 is 2.39 bits per heavy atom. The number of amides is 1. The molecule has 0 bridgehead atoms. The Morgan fingerprint density at radius 1 is 1.06 bits per heavy atom. The molecule has 8 nitrogen and oxygen atoms in total. The van der Waals surface area contributed by atoms with Gasteiger partial charge in [-0.1, -0.05) is 23.8 Å². The molecule has 1 fully saturated rings. The summed E-state index contributed by atoms with van der Waals surface area (Å²) in [5.41, 5.74) is 4.26. The van der Waals surface area contributed by atoms with Crippen LogP contribution in [0.5, 0.6) is 0 Å². The second-order valence-corrected chi connectivity index (χ2v) is 10.5. The number of benzene rings is 2. The number of β-amino-alcohol motifs (C(OH)–C–C–N with tert-alkyl or cyclic N) is 1. The van der Waals surface area contributed by atoms with E-state index in [0.717, 1.165) is 26.6 Å². The average molecular weight is 475 g/mol. The molecule has 0 aliphatic carbocycles. The second kappa shape index (κ2) is 9.62. The van der Waals surface area contributed by atoms with Gasteiger partial charge in [-0.25, -0.2) is 8.42 Å². The highest BCUT2D eigenvalue weighted by molar-refractivity contribution is 7.89. The predicted octanol–water partition coefficient (Wildman–Crippen LogP) is 2.61. The standard InChI is InChI=1S/C24H30N2O6S/c1-14-6-9-21(17(4)10-14)25-23(28)18(5)32-24(29)22-12-19(27)13-26(22)33(30,31)20-8-7-15(2)16(3)11-20/h6-11,18-19,22,27H,12-13H2,1-5H3,(H,25,28)/t18?,19?,22-/m0/s1. The average Bonchev–Trinajstić information content (AvgIpc) is 3.14. The maximum absolute atomic E-state index is 13.2. The zero-order valence-electron chi connectivity index (χ0n) is 19.5. The molecule has 1 aliphatic rings. The SMILES string of the molecule is Cc1ccc(NC(=O)C(C)OC(=O)[C@@H]2CC(O)CN2S(=O)(=O)c2ccc(C)c(C)c2)c(C)c1. The minimum atomic E-state index is -4.05. The summed E-state index contributed by atoms with van der Waals surface area (Å²) >= 11 is 0. The van der Waals surface area contributed by atoms with Crippen LogP contribution in [-0.4, -0.2) is 54.5 Å². The first-order valence-corrected chi connectivity index (χ1v) is 12.2. The molecule has 0 radical (unpaired) electrons. The molecular formula is C24H30N2O6S. The lowest BCUT2D eigenvalue weighted by atomic mass is 10.1. The number of rotatable bonds is 6. The fraction of sp³-hybridized carbons (Fsp3) is 0.417. The van der Waals surface area contributed by atoms with E-state index in [1.54, 1.807) is 19.1 Å². The Kier molecular flexibility index (Phi) is 7.26. The van der Waals surface area contributed by atoms with Crippen molar-refractivity contribution in [1.29, 1.82) is 0 Å². The first-order chi connectivity index (χ1) is 15.4. The van der Waals surface area contributed by atoms with Gasteiger partial charge in [0.1, 0.15) is 6.04 Å². The lowest BCUT2D eigenvalue weighted by Crippen LogP contribution is -2.43. The van der Waals surface area contributed by atoms with Crippen molar-refractivity contribution in [3.8, 4) is 0 Å². The number of nitrogens with zero attached hydrogens (tertiary/aromatic N) is 1. The van der Waals surface area contributed by atoms with Crippen molar-refractivity contribution < 1.29 is 27.9 Å². The van der Waals surface area contributed by atoms with Crippen LogP contribution in [0.25, 0.3) is 0 Å². The van der Waals surface area contributed by atoms with Gasteiger partial charge in [0.05, 0.1) is 11.0 Å². The van der Waals surface area contributed by atoms with Crippen LogP contribution in [0, 0.1) is 27.7 Å². The molecule has 1 heterocycles. The van der Waals surface area contributed by atoms with E-state index in [4.69, 9.17) is 4.74 Å². The summed E-state index contributed by atoms with van der Waals surface area (Å²) in [6, 6.07) is 9.03. The molecule has 0 spiro atoms. The summed E-state index contributed by atoms with van der Waals surface area (Å²) in [6.45, 7) is 8.67. The number of anilines is 1. The number of ether oxygens (including phenoxy) is 1. The van der Waals surface area contributed by atoms with E-state index in [1.807, 2.05) is 32.9 Å². The predicted molar refractivity (Wildman–Crippen MR) is 124 cm³/mol. The number of sulfonamides is 1. The molecule has 33 heavy (non-hydrogen) atoms. The van der Waals surface area contributed by atoms with E-state index in [9.17, 15) is 23.1 Å². The van der Waals surface area contributed by atoms with Crippen LogP contribution in [0.3, 0.4) is 0 Å². The van der Waals surface area contributed by atoms with Gasteiger partial charge in [0, 0.05) is 18.7 Å². The summed E-state index contributed by atoms with van der Waals surface area (Å²) < 4.78 is 32.7. The van der Waals surface area contributed by atoms with Gasteiger partial charge in [0.25, 0.3) is 5.91 Å². The van der Waals surface area contributed by atoms with Gasteiger partial charge in [-0.05, 0) is 69.5 Å². The molecule has 2 aromatic carbocycles. The lowest BCUT2D eigenvalue weighted by Gasteiger charge is -2.24. The summed E-state index contributed by atoms with van der Waals surface area (Å²) in [5, 5.41) is 12.8. The van der Waals surface area contributed by atoms with Crippen LogP contribution in [0.2, 0.25) is 0 Å². The molecule has 0 aromatic heterocycles. The smallest absolute Gasteiger partial charge is 0.325 e. The van der Waals surface area contributed by atoms with E-state index >= 15 is 0 Å². The topological polar surface area (TPSA) is 113 Å². The van der Waals surface area contributed by atoms with E-state index in [-0.39, 0.29) is 17.9 Å². The number of nitrogens with one attached hydrogen (secondary N) is 1. The molecule has 2 N–H and O–H groups in total. The number of aryl methyl sites for hydroxylation is 4. The number of hydrogen-bond acceptors (Lipinski definition) is 6. The maximum Gasteiger partial charge on any atom is 0.325 e. The van der Waals surface area contributed by atoms with Crippen molar-refractivity contribution in [2.24, 2.45) is 0 Å². The number of carbonyl (C=O) groups excluding carboxylic acids is 2. The van der Waals surface area contributed by atoms with Crippen LogP contribution < -0.4 is 5.32 Å². The van der Waals surface area contributed by atoms with E-state index in [2.05, 4.69) is 5.32 Å². The van der Waals surface area contributed by atoms with Crippen molar-refractivity contribution in [2.45, 2.75) is 64.2 Å². The molecule has 178 valence electrons. The van der Waals surface area contributed by atoms with E-state index in [1.165, 1.54) is 19.1 Å². The molecule has 3 rings (SSSR count). The zero-order chi connectivity index (χ0) is 24.5. The fourth-order valence-electron chi connectivity index (χ4n) is 3.77. The minimum Gasteiger partial charge on any atom is -0.451 e. The number of hydrogen-bond donors (Lipinski definition) is 2. The van der Waals surface area contributed by atoms with E-state index < -0.39 is 40.1 Å². The summed E-state index contributed by atoms with van der Waals surface area (Å²) in [5.74, 6) is -1.40. The van der Waals surface area contributed by atoms with Gasteiger partial charge in [-0.2, -0.15) is 4.31 Å². The molecule has 2 aromatic rings. The second-order valence-electron chi connectivity index (χ2n) is 8.61. The Bertz CT molecular complexity index is 1180. The minimum absolute atomic E-state index is 0.0399. The van der Waals surface area contributed by atoms with Crippen molar-refractivity contribution in [3.63, 3.8) is 0 Å². The number of aliphatic hydroxyl groups is 1. The number of carbonyl (C=O) groups is 2. The Labute approximate surface area is 194 Å². The van der Waals surface area contributed by atoms with Gasteiger partial charge in [0.2, 0.25) is 10.0 Å². The Balaban J connectivity index is 1.74. The third kappa shape index (κ3) is 5.43. The molecule has 1 saturated heterocycles. The summed E-state index contributed by atoms with van der Waals surface area (Å²) in [7, 11) is -4.05. The number of esters is 1. The van der Waals surface area contributed by atoms with Gasteiger partial charge < -0.3 is 15.2 Å². The first-order valence-electron chi connectivity index (χ1n) is 10.8. The van der Waals surface area contributed by atoms with Gasteiger partial charge in [-0.3, -0.25) is 9.59 Å². The molecule has 0 saturated carbocycles. The number of aliphatic hydroxyl groups excluding tert-OH is 1. The van der Waals surface area contributed by atoms with Crippen LogP contribution in [0.1, 0.15) is 35.6 Å². The Hall–Kier alpha value is -2.75. The summed E-state index contributed by atoms with van der Waals surface area (Å²) in [6.07, 6.45) is -2.26. The van der Waals surface area contributed by atoms with E-state index in [0.29, 0.717) is 5.69 Å². The quantitative estimate of drug-likeness (QED) is 0.623. The molecule has 1 aliphatic heterocycles. The lowest BCUT2D eigenvalue weighted by molar-refractivity contribution is -0.156. The highest BCUT2D eigenvalue weighted by Crippen LogP contribution is 2.28. The third-order valence-electron chi connectivity index (χ3n) is 5.89. The van der Waals surface area contributed by atoms with Crippen LogP contribution in [0.15, 0.2) is 41.3 Å². The normalized spacial score (nSPS) is 19.8. The van der Waals surface area contributed by atoms with Crippen molar-refractivity contribution in [2.75, 3.05) is 11.9 Å². The largest absolute Gasteiger partial charge is 0.451 e. The zero-order valence-corrected chi connectivity index (χ0v) is 20.3. The molecular weight excluding hydrogens is 444 g/mol. The highest BCUT2D eigenvalue weighted by Gasteiger charge is 2.45. The molecule has 2 unspecified atom stereocenters. The maximum atomic E-state index is 13.2. The fourth-order valence-corrected chi connectivity index (χ4v) is 5.48. The molecule has 9 heteroatoms. The van der Waals surface area contributed by atoms with Gasteiger partial charge in [0.15, 0.2) is 6.10 Å². The molecule has 3 atom stereocenters. The van der Waals surface area contributed by atoms with Crippen LogP contribution >= 0.6 is 0 Å².